The fraction of sp³-hybridized carbons (Fsp3) is 0.316. The van der Waals surface area contributed by atoms with E-state index in [2.05, 4.69) is 10.6 Å². The number of aliphatic hydroxyl groups excluding tert-OH is 1. The molecule has 1 atom stereocenters. The molecule has 27 heavy (non-hydrogen) atoms. The first kappa shape index (κ1) is 21.0. The summed E-state index contributed by atoms with van der Waals surface area (Å²) in [6.45, 7) is 5.04. The third kappa shape index (κ3) is 5.82. The number of benzene rings is 2. The number of amides is 1. The van der Waals surface area contributed by atoms with Gasteiger partial charge >= 0.3 is 0 Å². The third-order valence-corrected chi connectivity index (χ3v) is 4.93. The van der Waals surface area contributed by atoms with Gasteiger partial charge in [0.2, 0.25) is 7.37 Å². The first-order valence-corrected chi connectivity index (χ1v) is 10.8. The van der Waals surface area contributed by atoms with Gasteiger partial charge in [0.25, 0.3) is 5.91 Å². The van der Waals surface area contributed by atoms with E-state index in [1.165, 1.54) is 18.8 Å². The molecule has 7 nitrogen and oxygen atoms in total. The topological polar surface area (TPSA) is 119 Å². The van der Waals surface area contributed by atoms with Crippen LogP contribution in [0.15, 0.2) is 30.3 Å². The van der Waals surface area contributed by atoms with Gasteiger partial charge in [-0.05, 0) is 48.7 Å². The number of nitrogens with one attached hydrogen (secondary N) is 2. The second-order valence-electron chi connectivity index (χ2n) is 6.65. The van der Waals surface area contributed by atoms with Crippen molar-refractivity contribution in [1.82, 2.24) is 5.32 Å². The first-order valence-electron chi connectivity index (χ1n) is 8.49. The van der Waals surface area contributed by atoms with Gasteiger partial charge in [0.15, 0.2) is 0 Å². The van der Waals surface area contributed by atoms with Gasteiger partial charge in [0.1, 0.15) is 5.75 Å². The van der Waals surface area contributed by atoms with Crippen molar-refractivity contribution >= 4 is 24.7 Å². The van der Waals surface area contributed by atoms with Crippen LogP contribution in [-0.2, 0) is 10.7 Å². The molecule has 0 saturated carbocycles. The quantitative estimate of drug-likeness (QED) is 0.365. The van der Waals surface area contributed by atoms with Gasteiger partial charge in [-0.3, -0.25) is 9.36 Å². The summed E-state index contributed by atoms with van der Waals surface area (Å²) in [5.41, 5.74) is 4.14. The Morgan fingerprint density at radius 3 is 2.33 bits per heavy atom. The Labute approximate surface area is 158 Å². The smallest absolute Gasteiger partial charge is 0.255 e. The number of anilines is 2. The molecule has 146 valence electrons. The number of phenols is 1. The van der Waals surface area contributed by atoms with Crippen molar-refractivity contribution in [3.8, 4) is 5.75 Å². The minimum atomic E-state index is -3.15. The SMILES string of the molecule is Cc1cc(CP(C)(=O)O)cc(C)c1Nc1ccc(O)c(C(=O)NCCO)c1. The Balaban J connectivity index is 2.29. The molecule has 5 N–H and O–H groups in total. The lowest BCUT2D eigenvalue weighted by molar-refractivity contribution is 0.0942. The molecule has 1 amide bonds. The summed E-state index contributed by atoms with van der Waals surface area (Å²) >= 11 is 0. The van der Waals surface area contributed by atoms with Crippen molar-refractivity contribution in [3.63, 3.8) is 0 Å². The van der Waals surface area contributed by atoms with Gasteiger partial charge in [0, 0.05) is 30.7 Å². The highest BCUT2D eigenvalue weighted by atomic mass is 31.2. The molecule has 2 aromatic rings. The number of carbonyl (C=O) groups is 1. The minimum absolute atomic E-state index is 0.0990. The second kappa shape index (κ2) is 8.57. The summed E-state index contributed by atoms with van der Waals surface area (Å²) in [6.07, 6.45) is 0.114. The summed E-state index contributed by atoms with van der Waals surface area (Å²) in [5, 5.41) is 24.5. The molecule has 0 aliphatic rings. The average Bonchev–Trinajstić information content (AvgIpc) is 2.55. The zero-order valence-electron chi connectivity index (χ0n) is 15.6. The zero-order chi connectivity index (χ0) is 20.2. The van der Waals surface area contributed by atoms with Crippen LogP contribution in [0, 0.1) is 13.8 Å². The van der Waals surface area contributed by atoms with Gasteiger partial charge in [0.05, 0.1) is 12.2 Å². The Kier molecular flexibility index (Phi) is 6.65. The lowest BCUT2D eigenvalue weighted by Crippen LogP contribution is -2.26. The van der Waals surface area contributed by atoms with Crippen LogP contribution >= 0.6 is 7.37 Å². The van der Waals surface area contributed by atoms with Crippen LogP contribution < -0.4 is 10.6 Å². The summed E-state index contributed by atoms with van der Waals surface area (Å²) in [5.74, 6) is -0.628. The fourth-order valence-electron chi connectivity index (χ4n) is 2.89. The molecule has 0 heterocycles. The molecule has 0 aliphatic carbocycles. The molecular weight excluding hydrogens is 367 g/mol. The molecule has 8 heteroatoms. The molecule has 0 radical (unpaired) electrons. The summed E-state index contributed by atoms with van der Waals surface area (Å²) in [4.78, 5) is 21.7. The molecular formula is C19H25N2O5P. The maximum absolute atomic E-state index is 12.1. The molecule has 0 bridgehead atoms. The highest BCUT2D eigenvalue weighted by Crippen LogP contribution is 2.41. The van der Waals surface area contributed by atoms with E-state index in [-0.39, 0.29) is 30.6 Å². The monoisotopic (exact) mass is 392 g/mol. The van der Waals surface area contributed by atoms with Crippen LogP contribution in [0.25, 0.3) is 0 Å². The van der Waals surface area contributed by atoms with Crippen LogP contribution in [0.4, 0.5) is 11.4 Å². The average molecular weight is 392 g/mol. The Morgan fingerprint density at radius 1 is 1.15 bits per heavy atom. The highest BCUT2D eigenvalue weighted by molar-refractivity contribution is 7.56. The van der Waals surface area contributed by atoms with Gasteiger partial charge in [-0.2, -0.15) is 0 Å². The summed E-state index contributed by atoms with van der Waals surface area (Å²) in [6, 6.07) is 8.32. The number of aromatic hydroxyl groups is 1. The largest absolute Gasteiger partial charge is 0.507 e. The van der Waals surface area contributed by atoms with Crippen LogP contribution in [-0.4, -0.2) is 40.8 Å². The van der Waals surface area contributed by atoms with Crippen LogP contribution in [0.1, 0.15) is 27.0 Å². The predicted molar refractivity (Wildman–Crippen MR) is 106 cm³/mol. The van der Waals surface area contributed by atoms with Crippen molar-refractivity contribution in [2.45, 2.75) is 20.0 Å². The number of aliphatic hydroxyl groups is 1. The zero-order valence-corrected chi connectivity index (χ0v) is 16.5. The van der Waals surface area contributed by atoms with Crippen molar-refractivity contribution in [2.75, 3.05) is 25.1 Å². The Hall–Kier alpha value is -2.34. The molecule has 0 aliphatic heterocycles. The van der Waals surface area contributed by atoms with E-state index < -0.39 is 13.3 Å². The maximum Gasteiger partial charge on any atom is 0.255 e. The summed E-state index contributed by atoms with van der Waals surface area (Å²) in [7, 11) is -3.15. The molecule has 1 unspecified atom stereocenters. The lowest BCUT2D eigenvalue weighted by Gasteiger charge is -2.16. The highest BCUT2D eigenvalue weighted by Gasteiger charge is 2.15. The van der Waals surface area contributed by atoms with E-state index in [4.69, 9.17) is 5.11 Å². The Morgan fingerprint density at radius 2 is 1.78 bits per heavy atom. The van der Waals surface area contributed by atoms with E-state index in [9.17, 15) is 19.4 Å². The number of aryl methyl sites for hydroxylation is 2. The first-order chi connectivity index (χ1) is 12.6. The number of phenolic OH excluding ortho intramolecular Hbond substituents is 1. The summed E-state index contributed by atoms with van der Waals surface area (Å²) < 4.78 is 11.7. The van der Waals surface area contributed by atoms with Crippen molar-refractivity contribution in [3.05, 3.63) is 52.6 Å². The predicted octanol–water partition coefficient (Wildman–Crippen LogP) is 2.87. The van der Waals surface area contributed by atoms with E-state index >= 15 is 0 Å². The van der Waals surface area contributed by atoms with Crippen LogP contribution in [0.3, 0.4) is 0 Å². The van der Waals surface area contributed by atoms with E-state index in [0.29, 0.717) is 5.69 Å². The number of hydrogen-bond donors (Lipinski definition) is 5. The van der Waals surface area contributed by atoms with Crippen LogP contribution in [0.2, 0.25) is 0 Å². The van der Waals surface area contributed by atoms with Gasteiger partial charge in [-0.15, -0.1) is 0 Å². The van der Waals surface area contributed by atoms with E-state index in [1.54, 1.807) is 6.07 Å². The second-order valence-corrected chi connectivity index (χ2v) is 9.07. The minimum Gasteiger partial charge on any atom is -0.507 e. The number of hydrogen-bond acceptors (Lipinski definition) is 5. The van der Waals surface area contributed by atoms with E-state index in [0.717, 1.165) is 22.4 Å². The molecule has 0 fully saturated rings. The van der Waals surface area contributed by atoms with Gasteiger partial charge in [-0.25, -0.2) is 0 Å². The number of carbonyl (C=O) groups excluding carboxylic acids is 1. The third-order valence-electron chi connectivity index (χ3n) is 3.98. The molecule has 2 aromatic carbocycles. The van der Waals surface area contributed by atoms with Gasteiger partial charge in [-0.1, -0.05) is 12.1 Å². The molecule has 0 saturated heterocycles. The maximum atomic E-state index is 12.1. The lowest BCUT2D eigenvalue weighted by atomic mass is 10.0. The number of rotatable bonds is 7. The van der Waals surface area contributed by atoms with E-state index in [1.807, 2.05) is 26.0 Å². The normalized spacial score (nSPS) is 13.1. The van der Waals surface area contributed by atoms with Crippen molar-refractivity contribution in [2.24, 2.45) is 0 Å². The fourth-order valence-corrected chi connectivity index (χ4v) is 3.75. The van der Waals surface area contributed by atoms with Crippen LogP contribution in [0.5, 0.6) is 5.75 Å². The van der Waals surface area contributed by atoms with Crippen molar-refractivity contribution < 1.29 is 24.5 Å². The van der Waals surface area contributed by atoms with Crippen molar-refractivity contribution in [1.29, 1.82) is 0 Å². The standard InChI is InChI=1S/C19H25N2O5P/c1-12-8-14(11-27(3,25)26)9-13(2)18(12)21-15-4-5-17(23)16(10-15)19(24)20-6-7-22/h4-5,8-10,21-23H,6-7,11H2,1-3H3,(H,20,24)(H,25,26). The Bertz CT molecular complexity index is 869. The molecule has 0 spiro atoms. The molecule has 2 rings (SSSR count). The van der Waals surface area contributed by atoms with Gasteiger partial charge < -0.3 is 25.7 Å². The molecule has 0 aromatic heterocycles.